The number of nitrogens with zero attached hydrogens (tertiary/aromatic N) is 1. The molecule has 21 heavy (non-hydrogen) atoms. The fourth-order valence-electron chi connectivity index (χ4n) is 3.19. The van der Waals surface area contributed by atoms with Crippen LogP contribution in [0.2, 0.25) is 5.02 Å². The Morgan fingerprint density at radius 1 is 1.38 bits per heavy atom. The van der Waals surface area contributed by atoms with Gasteiger partial charge in [0, 0.05) is 11.4 Å². The second-order valence-corrected chi connectivity index (χ2v) is 8.51. The Kier molecular flexibility index (Phi) is 5.98. The molecule has 0 amide bonds. The average Bonchev–Trinajstić information content (AvgIpc) is 2.49. The van der Waals surface area contributed by atoms with Crippen LogP contribution in [0, 0.1) is 17.3 Å². The molecule has 118 valence electrons. The number of rotatable bonds is 5. The second-order valence-electron chi connectivity index (χ2n) is 6.82. The Balaban J connectivity index is 2.08. The second kappa shape index (κ2) is 7.34. The molecule has 0 aromatic carbocycles. The standard InChI is InChI=1S/C17H27ClN2S/c1-4-17(2,3)13-6-5-12(10-19)15(9-13)21-16-8-7-14(18)11-20-16/h7-8,11-13,15H,4-6,9-10,19H2,1-3H3. The summed E-state index contributed by atoms with van der Waals surface area (Å²) in [6, 6.07) is 3.94. The molecule has 0 saturated heterocycles. The van der Waals surface area contributed by atoms with Gasteiger partial charge in [-0.05, 0) is 55.2 Å². The SMILES string of the molecule is CCC(C)(C)C1CCC(CN)C(Sc2ccc(Cl)cn2)C1. The lowest BCUT2D eigenvalue weighted by molar-refractivity contribution is 0.134. The summed E-state index contributed by atoms with van der Waals surface area (Å²) < 4.78 is 0. The van der Waals surface area contributed by atoms with Crippen LogP contribution in [-0.4, -0.2) is 16.8 Å². The highest BCUT2D eigenvalue weighted by Crippen LogP contribution is 2.46. The molecule has 1 aliphatic rings. The van der Waals surface area contributed by atoms with Crippen LogP contribution >= 0.6 is 23.4 Å². The Labute approximate surface area is 138 Å². The number of hydrogen-bond donors (Lipinski definition) is 1. The van der Waals surface area contributed by atoms with E-state index in [4.69, 9.17) is 17.3 Å². The molecular weight excluding hydrogens is 300 g/mol. The van der Waals surface area contributed by atoms with Crippen LogP contribution in [0.15, 0.2) is 23.4 Å². The van der Waals surface area contributed by atoms with Crippen molar-refractivity contribution in [2.75, 3.05) is 6.54 Å². The smallest absolute Gasteiger partial charge is 0.0963 e. The molecule has 1 aromatic rings. The maximum Gasteiger partial charge on any atom is 0.0963 e. The van der Waals surface area contributed by atoms with Crippen molar-refractivity contribution in [1.29, 1.82) is 0 Å². The summed E-state index contributed by atoms with van der Waals surface area (Å²) in [5.74, 6) is 1.39. The van der Waals surface area contributed by atoms with Crippen LogP contribution in [0.25, 0.3) is 0 Å². The van der Waals surface area contributed by atoms with Gasteiger partial charge in [-0.25, -0.2) is 4.98 Å². The van der Waals surface area contributed by atoms with Gasteiger partial charge in [-0.1, -0.05) is 38.8 Å². The van der Waals surface area contributed by atoms with Crippen LogP contribution < -0.4 is 5.73 Å². The minimum Gasteiger partial charge on any atom is -0.330 e. The maximum atomic E-state index is 6.00. The topological polar surface area (TPSA) is 38.9 Å². The van der Waals surface area contributed by atoms with Crippen LogP contribution in [0.5, 0.6) is 0 Å². The molecule has 0 bridgehead atoms. The van der Waals surface area contributed by atoms with E-state index in [0.29, 0.717) is 21.6 Å². The summed E-state index contributed by atoms with van der Waals surface area (Å²) in [5.41, 5.74) is 6.43. The zero-order valence-corrected chi connectivity index (χ0v) is 14.9. The Hall–Kier alpha value is -0.250. The molecule has 2 nitrogen and oxygen atoms in total. The summed E-state index contributed by atoms with van der Waals surface area (Å²) in [5, 5.41) is 2.34. The highest BCUT2D eigenvalue weighted by Gasteiger charge is 2.37. The number of aromatic nitrogens is 1. The molecule has 3 atom stereocenters. The van der Waals surface area contributed by atoms with Gasteiger partial charge < -0.3 is 5.73 Å². The van der Waals surface area contributed by atoms with Crippen LogP contribution in [-0.2, 0) is 0 Å². The van der Waals surface area contributed by atoms with Crippen molar-refractivity contribution in [3.63, 3.8) is 0 Å². The minimum atomic E-state index is 0.422. The highest BCUT2D eigenvalue weighted by molar-refractivity contribution is 7.99. The number of pyridine rings is 1. The molecule has 2 N–H and O–H groups in total. The quantitative estimate of drug-likeness (QED) is 0.826. The summed E-state index contributed by atoms with van der Waals surface area (Å²) in [4.78, 5) is 4.44. The summed E-state index contributed by atoms with van der Waals surface area (Å²) in [6.45, 7) is 7.90. The van der Waals surface area contributed by atoms with Gasteiger partial charge in [0.05, 0.1) is 10.0 Å². The Morgan fingerprint density at radius 3 is 2.71 bits per heavy atom. The van der Waals surface area contributed by atoms with Crippen molar-refractivity contribution in [3.05, 3.63) is 23.4 Å². The lowest BCUT2D eigenvalue weighted by atomic mass is 9.67. The third-order valence-corrected chi connectivity index (χ3v) is 6.81. The number of halogens is 1. The number of nitrogens with two attached hydrogens (primary N) is 1. The van der Waals surface area contributed by atoms with Crippen molar-refractivity contribution >= 4 is 23.4 Å². The largest absolute Gasteiger partial charge is 0.330 e. The first-order valence-electron chi connectivity index (χ1n) is 7.94. The Bertz CT molecular complexity index is 447. The zero-order chi connectivity index (χ0) is 15.5. The van der Waals surface area contributed by atoms with E-state index < -0.39 is 0 Å². The van der Waals surface area contributed by atoms with E-state index in [9.17, 15) is 0 Å². The molecule has 1 fully saturated rings. The van der Waals surface area contributed by atoms with E-state index in [2.05, 4.69) is 25.8 Å². The van der Waals surface area contributed by atoms with E-state index in [1.165, 1.54) is 25.7 Å². The molecule has 0 radical (unpaired) electrons. The molecule has 1 saturated carbocycles. The van der Waals surface area contributed by atoms with Gasteiger partial charge in [-0.15, -0.1) is 11.8 Å². The predicted molar refractivity (Wildman–Crippen MR) is 92.8 cm³/mol. The van der Waals surface area contributed by atoms with Gasteiger partial charge in [-0.3, -0.25) is 0 Å². The Morgan fingerprint density at radius 2 is 2.14 bits per heavy atom. The van der Waals surface area contributed by atoms with E-state index in [-0.39, 0.29) is 0 Å². The lowest BCUT2D eigenvalue weighted by Crippen LogP contribution is -2.37. The zero-order valence-electron chi connectivity index (χ0n) is 13.3. The fraction of sp³-hybridized carbons (Fsp3) is 0.706. The predicted octanol–water partition coefficient (Wildman–Crippen LogP) is 5.01. The van der Waals surface area contributed by atoms with Gasteiger partial charge in [0.1, 0.15) is 0 Å². The molecular formula is C17H27ClN2S. The van der Waals surface area contributed by atoms with Gasteiger partial charge in [0.25, 0.3) is 0 Å². The average molecular weight is 327 g/mol. The van der Waals surface area contributed by atoms with Crippen LogP contribution in [0.3, 0.4) is 0 Å². The van der Waals surface area contributed by atoms with Crippen molar-refractivity contribution in [3.8, 4) is 0 Å². The summed E-state index contributed by atoms with van der Waals surface area (Å²) in [7, 11) is 0. The summed E-state index contributed by atoms with van der Waals surface area (Å²) >= 11 is 7.81. The number of thioether (sulfide) groups is 1. The molecule has 1 aliphatic carbocycles. The molecule has 0 aliphatic heterocycles. The van der Waals surface area contributed by atoms with Crippen molar-refractivity contribution in [1.82, 2.24) is 4.98 Å². The molecule has 0 spiro atoms. The van der Waals surface area contributed by atoms with Gasteiger partial charge in [-0.2, -0.15) is 0 Å². The molecule has 4 heteroatoms. The van der Waals surface area contributed by atoms with Gasteiger partial charge in [0.15, 0.2) is 0 Å². The lowest BCUT2D eigenvalue weighted by Gasteiger charge is -2.42. The van der Waals surface area contributed by atoms with E-state index >= 15 is 0 Å². The van der Waals surface area contributed by atoms with Crippen molar-refractivity contribution in [2.24, 2.45) is 23.0 Å². The maximum absolute atomic E-state index is 6.00. The number of hydrogen-bond acceptors (Lipinski definition) is 3. The highest BCUT2D eigenvalue weighted by atomic mass is 35.5. The third kappa shape index (κ3) is 4.37. The van der Waals surface area contributed by atoms with Gasteiger partial charge >= 0.3 is 0 Å². The van der Waals surface area contributed by atoms with Crippen LogP contribution in [0.1, 0.15) is 46.5 Å². The fourth-order valence-corrected chi connectivity index (χ4v) is 4.64. The van der Waals surface area contributed by atoms with E-state index in [1.807, 2.05) is 23.9 Å². The first-order chi connectivity index (χ1) is 9.96. The minimum absolute atomic E-state index is 0.422. The molecule has 1 heterocycles. The van der Waals surface area contributed by atoms with Crippen molar-refractivity contribution < 1.29 is 0 Å². The monoisotopic (exact) mass is 326 g/mol. The van der Waals surface area contributed by atoms with Crippen molar-refractivity contribution in [2.45, 2.75) is 56.7 Å². The first kappa shape index (κ1) is 17.1. The van der Waals surface area contributed by atoms with E-state index in [0.717, 1.165) is 17.5 Å². The normalized spacial score (nSPS) is 26.8. The first-order valence-corrected chi connectivity index (χ1v) is 9.20. The molecule has 3 unspecified atom stereocenters. The summed E-state index contributed by atoms with van der Waals surface area (Å²) in [6.07, 6.45) is 6.78. The third-order valence-electron chi connectivity index (χ3n) is 5.22. The molecule has 1 aromatic heterocycles. The van der Waals surface area contributed by atoms with Crippen LogP contribution in [0.4, 0.5) is 0 Å². The van der Waals surface area contributed by atoms with E-state index in [1.54, 1.807) is 6.20 Å². The van der Waals surface area contributed by atoms with Gasteiger partial charge in [0.2, 0.25) is 0 Å². The molecule has 2 rings (SSSR count).